The van der Waals surface area contributed by atoms with E-state index in [9.17, 15) is 22.2 Å². The Morgan fingerprint density at radius 1 is 1.31 bits per heavy atom. The summed E-state index contributed by atoms with van der Waals surface area (Å²) in [4.78, 5) is 17.2. The Balaban J connectivity index is 2.17. The average molecular weight is 485 g/mol. The van der Waals surface area contributed by atoms with Crippen LogP contribution in [-0.2, 0) is 17.0 Å². The SMILES string of the molecule is CCS(=O)c1ccc(C#N)cc1Nn1cnc2c(Br)cc(C(F)(F)F)cc2c1=O. The number of nitrogens with one attached hydrogen (secondary N) is 1. The summed E-state index contributed by atoms with van der Waals surface area (Å²) in [5.74, 6) is 0.299. The van der Waals surface area contributed by atoms with Crippen LogP contribution < -0.4 is 11.0 Å². The van der Waals surface area contributed by atoms with Crippen LogP contribution in [0.1, 0.15) is 18.1 Å². The second-order valence-corrected chi connectivity index (χ2v) is 8.40. The summed E-state index contributed by atoms with van der Waals surface area (Å²) in [6.07, 6.45) is -3.52. The number of halogens is 4. The molecule has 1 heterocycles. The lowest BCUT2D eigenvalue weighted by Gasteiger charge is -2.15. The maximum Gasteiger partial charge on any atom is 0.416 e. The van der Waals surface area contributed by atoms with Gasteiger partial charge < -0.3 is 0 Å². The molecule has 11 heteroatoms. The van der Waals surface area contributed by atoms with Crippen LogP contribution in [0.5, 0.6) is 0 Å². The molecule has 29 heavy (non-hydrogen) atoms. The van der Waals surface area contributed by atoms with Gasteiger partial charge in [0.1, 0.15) is 6.33 Å². The van der Waals surface area contributed by atoms with Crippen molar-refractivity contribution in [3.63, 3.8) is 0 Å². The number of nitrogens with zero attached hydrogens (tertiary/aromatic N) is 3. The third-order valence-corrected chi connectivity index (χ3v) is 5.97. The van der Waals surface area contributed by atoms with E-state index in [1.807, 2.05) is 6.07 Å². The van der Waals surface area contributed by atoms with Crippen molar-refractivity contribution in [2.75, 3.05) is 11.2 Å². The van der Waals surface area contributed by atoms with Gasteiger partial charge in [-0.2, -0.15) is 18.4 Å². The Hall–Kier alpha value is -2.71. The lowest BCUT2D eigenvalue weighted by molar-refractivity contribution is -0.137. The molecule has 0 aliphatic rings. The summed E-state index contributed by atoms with van der Waals surface area (Å²) in [7, 11) is -1.40. The topological polar surface area (TPSA) is 87.8 Å². The number of aromatic nitrogens is 2. The van der Waals surface area contributed by atoms with Crippen molar-refractivity contribution < 1.29 is 17.4 Å². The minimum Gasteiger partial charge on any atom is -0.289 e. The lowest BCUT2D eigenvalue weighted by atomic mass is 10.1. The summed E-state index contributed by atoms with van der Waals surface area (Å²) < 4.78 is 52.5. The zero-order valence-corrected chi connectivity index (χ0v) is 17.2. The molecule has 1 N–H and O–H groups in total. The molecule has 0 fully saturated rings. The average Bonchev–Trinajstić information content (AvgIpc) is 2.68. The summed E-state index contributed by atoms with van der Waals surface area (Å²) in [5, 5.41) is 8.85. The second-order valence-electron chi connectivity index (χ2n) is 5.84. The maximum atomic E-state index is 13.1. The van der Waals surface area contributed by atoms with Gasteiger partial charge in [0.15, 0.2) is 0 Å². The number of benzene rings is 2. The highest BCUT2D eigenvalue weighted by atomic mass is 79.9. The van der Waals surface area contributed by atoms with Crippen molar-refractivity contribution in [3.05, 3.63) is 62.6 Å². The van der Waals surface area contributed by atoms with E-state index in [0.717, 1.165) is 23.1 Å². The normalized spacial score (nSPS) is 12.6. The third kappa shape index (κ3) is 4.18. The predicted molar refractivity (Wildman–Crippen MR) is 106 cm³/mol. The first kappa shape index (κ1) is 21.0. The van der Waals surface area contributed by atoms with Crippen LogP contribution in [-0.4, -0.2) is 19.6 Å². The molecule has 0 saturated heterocycles. The largest absolute Gasteiger partial charge is 0.416 e. The minimum atomic E-state index is -4.64. The Bertz CT molecular complexity index is 1230. The molecule has 0 radical (unpaired) electrons. The lowest BCUT2D eigenvalue weighted by Crippen LogP contribution is -2.27. The monoisotopic (exact) mass is 484 g/mol. The van der Waals surface area contributed by atoms with Gasteiger partial charge in [-0.25, -0.2) is 9.66 Å². The van der Waals surface area contributed by atoms with Crippen molar-refractivity contribution in [2.24, 2.45) is 0 Å². The molecule has 3 rings (SSSR count). The highest BCUT2D eigenvalue weighted by molar-refractivity contribution is 9.10. The van der Waals surface area contributed by atoms with Gasteiger partial charge in [-0.1, -0.05) is 6.92 Å². The number of alkyl halides is 3. The summed E-state index contributed by atoms with van der Waals surface area (Å²) in [6.45, 7) is 1.71. The van der Waals surface area contributed by atoms with Crippen LogP contribution in [0.2, 0.25) is 0 Å². The van der Waals surface area contributed by atoms with Gasteiger partial charge in [-0.3, -0.25) is 14.4 Å². The predicted octanol–water partition coefficient (Wildman–Crippen LogP) is 4.05. The molecule has 150 valence electrons. The zero-order chi connectivity index (χ0) is 21.3. The fourth-order valence-corrected chi connectivity index (χ4v) is 4.05. The molecule has 2 aromatic carbocycles. The molecule has 6 nitrogen and oxygen atoms in total. The molecular formula is C18H12BrF3N4O2S. The van der Waals surface area contributed by atoms with Crippen LogP contribution in [0, 0.1) is 11.3 Å². The summed E-state index contributed by atoms with van der Waals surface area (Å²) >= 11 is 3.02. The molecule has 0 spiro atoms. The summed E-state index contributed by atoms with van der Waals surface area (Å²) in [5.41, 5.74) is 1.48. The zero-order valence-electron chi connectivity index (χ0n) is 14.7. The minimum absolute atomic E-state index is 0.0332. The fourth-order valence-electron chi connectivity index (χ4n) is 2.60. The van der Waals surface area contributed by atoms with E-state index in [4.69, 9.17) is 5.26 Å². The van der Waals surface area contributed by atoms with Gasteiger partial charge in [-0.05, 0) is 46.3 Å². The number of anilines is 1. The Labute approximate surface area is 173 Å². The van der Waals surface area contributed by atoms with Crippen molar-refractivity contribution in [1.29, 1.82) is 5.26 Å². The summed E-state index contributed by atoms with van der Waals surface area (Å²) in [6, 6.07) is 7.91. The molecule has 0 saturated carbocycles. The Kier molecular flexibility index (Phi) is 5.77. The first-order chi connectivity index (χ1) is 13.7. The molecule has 3 aromatic rings. The van der Waals surface area contributed by atoms with Gasteiger partial charge in [0.05, 0.1) is 49.5 Å². The number of nitriles is 1. The Morgan fingerprint density at radius 3 is 2.66 bits per heavy atom. The molecule has 1 atom stereocenters. The number of fused-ring (bicyclic) bond motifs is 1. The van der Waals surface area contributed by atoms with Gasteiger partial charge in [0.25, 0.3) is 5.56 Å². The van der Waals surface area contributed by atoms with E-state index < -0.39 is 28.1 Å². The van der Waals surface area contributed by atoms with E-state index in [2.05, 4.69) is 26.3 Å². The molecule has 0 aliphatic carbocycles. The molecular weight excluding hydrogens is 473 g/mol. The highest BCUT2D eigenvalue weighted by Gasteiger charge is 2.31. The van der Waals surface area contributed by atoms with Gasteiger partial charge in [-0.15, -0.1) is 0 Å². The maximum absolute atomic E-state index is 13.1. The second kappa shape index (κ2) is 7.96. The molecule has 0 amide bonds. The Morgan fingerprint density at radius 2 is 2.03 bits per heavy atom. The number of hydrogen-bond acceptors (Lipinski definition) is 5. The van der Waals surface area contributed by atoms with Gasteiger partial charge in [0.2, 0.25) is 0 Å². The van der Waals surface area contributed by atoms with Gasteiger partial charge in [0, 0.05) is 10.2 Å². The van der Waals surface area contributed by atoms with E-state index in [-0.39, 0.29) is 26.6 Å². The third-order valence-electron chi connectivity index (χ3n) is 4.00. The van der Waals surface area contributed by atoms with Gasteiger partial charge >= 0.3 is 6.18 Å². The molecule has 0 bridgehead atoms. The quantitative estimate of drug-likeness (QED) is 0.603. The molecule has 0 aliphatic heterocycles. The van der Waals surface area contributed by atoms with Crippen LogP contribution in [0.3, 0.4) is 0 Å². The van der Waals surface area contributed by atoms with E-state index in [1.54, 1.807) is 6.92 Å². The van der Waals surface area contributed by atoms with Crippen molar-refractivity contribution in [1.82, 2.24) is 9.66 Å². The molecule has 1 unspecified atom stereocenters. The first-order valence-electron chi connectivity index (χ1n) is 8.13. The van der Waals surface area contributed by atoms with Crippen LogP contribution in [0.4, 0.5) is 18.9 Å². The van der Waals surface area contributed by atoms with E-state index in [1.165, 1.54) is 18.2 Å². The number of hydrogen-bond donors (Lipinski definition) is 1. The van der Waals surface area contributed by atoms with Crippen LogP contribution in [0.15, 0.2) is 50.8 Å². The van der Waals surface area contributed by atoms with Crippen LogP contribution >= 0.6 is 15.9 Å². The van der Waals surface area contributed by atoms with Crippen molar-refractivity contribution >= 4 is 43.3 Å². The fraction of sp³-hybridized carbons (Fsp3) is 0.167. The smallest absolute Gasteiger partial charge is 0.289 e. The first-order valence-corrected chi connectivity index (χ1v) is 10.2. The van der Waals surface area contributed by atoms with Crippen LogP contribution in [0.25, 0.3) is 10.9 Å². The van der Waals surface area contributed by atoms with E-state index in [0.29, 0.717) is 10.6 Å². The standard InChI is InChI=1S/C18H12BrF3N4O2S/c1-2-29(28)15-4-3-10(8-23)5-14(15)25-26-9-24-16-12(17(26)27)6-11(7-13(16)19)18(20,21)22/h3-7,9,25H,2H2,1H3. The van der Waals surface area contributed by atoms with E-state index >= 15 is 0 Å². The highest BCUT2D eigenvalue weighted by Crippen LogP contribution is 2.33. The molecule has 1 aromatic heterocycles. The van der Waals surface area contributed by atoms with Crippen molar-refractivity contribution in [3.8, 4) is 6.07 Å². The van der Waals surface area contributed by atoms with Crippen molar-refractivity contribution in [2.45, 2.75) is 18.0 Å². The number of rotatable bonds is 4.